The van der Waals surface area contributed by atoms with Gasteiger partial charge in [-0.25, -0.2) is 0 Å². The van der Waals surface area contributed by atoms with Crippen molar-refractivity contribution < 1.29 is 9.84 Å². The van der Waals surface area contributed by atoms with Gasteiger partial charge in [0.15, 0.2) is 0 Å². The van der Waals surface area contributed by atoms with Crippen LogP contribution in [0, 0.1) is 0 Å². The van der Waals surface area contributed by atoms with Crippen LogP contribution >= 0.6 is 0 Å². The Morgan fingerprint density at radius 2 is 1.84 bits per heavy atom. The average Bonchev–Trinajstić information content (AvgIpc) is 2.86. The number of ether oxygens (including phenoxy) is 1. The van der Waals surface area contributed by atoms with Gasteiger partial charge in [0, 0.05) is 24.5 Å². The van der Waals surface area contributed by atoms with Crippen LogP contribution in [0.5, 0.6) is 0 Å². The van der Waals surface area contributed by atoms with Gasteiger partial charge in [0.25, 0.3) is 0 Å². The number of hydrogen-bond acceptors (Lipinski definition) is 4. The van der Waals surface area contributed by atoms with Gasteiger partial charge in [-0.2, -0.15) is 0 Å². The van der Waals surface area contributed by atoms with Crippen LogP contribution < -0.4 is 10.2 Å². The van der Waals surface area contributed by atoms with Crippen molar-refractivity contribution in [1.82, 2.24) is 0 Å². The maximum Gasteiger partial charge on any atom is 0.0741 e. The van der Waals surface area contributed by atoms with E-state index in [1.165, 1.54) is 5.69 Å². The van der Waals surface area contributed by atoms with Crippen molar-refractivity contribution >= 4 is 11.4 Å². The highest BCUT2D eigenvalue weighted by Gasteiger charge is 2.24. The maximum atomic E-state index is 9.82. The van der Waals surface area contributed by atoms with Gasteiger partial charge in [0.1, 0.15) is 0 Å². The van der Waals surface area contributed by atoms with Crippen molar-refractivity contribution in [2.24, 2.45) is 0 Å². The van der Waals surface area contributed by atoms with E-state index in [4.69, 9.17) is 4.74 Å². The quantitative estimate of drug-likeness (QED) is 0.872. The summed E-state index contributed by atoms with van der Waals surface area (Å²) in [7, 11) is 0. The molecular formula is C15H22N2O2. The summed E-state index contributed by atoms with van der Waals surface area (Å²) >= 11 is 0. The summed E-state index contributed by atoms with van der Waals surface area (Å²) in [4.78, 5) is 2.34. The molecule has 0 bridgehead atoms. The van der Waals surface area contributed by atoms with Gasteiger partial charge in [-0.05, 0) is 43.5 Å². The Bertz CT molecular complexity index is 401. The third kappa shape index (κ3) is 3.01. The lowest BCUT2D eigenvalue weighted by atomic mass is 10.2. The molecule has 1 saturated carbocycles. The van der Waals surface area contributed by atoms with Crippen molar-refractivity contribution in [3.05, 3.63) is 24.3 Å². The molecule has 0 amide bonds. The molecule has 2 fully saturated rings. The molecule has 1 aromatic rings. The minimum Gasteiger partial charge on any atom is -0.391 e. The number of rotatable bonds is 3. The number of aliphatic hydroxyl groups is 1. The Balaban J connectivity index is 1.61. The van der Waals surface area contributed by atoms with Crippen LogP contribution in [-0.2, 0) is 4.74 Å². The molecule has 2 aliphatic rings. The van der Waals surface area contributed by atoms with Crippen LogP contribution in [0.1, 0.15) is 19.3 Å². The van der Waals surface area contributed by atoms with E-state index in [0.29, 0.717) is 0 Å². The molecule has 2 atom stereocenters. The first-order valence-corrected chi connectivity index (χ1v) is 7.20. The Labute approximate surface area is 114 Å². The van der Waals surface area contributed by atoms with Gasteiger partial charge in [-0.15, -0.1) is 0 Å². The molecule has 4 nitrogen and oxygen atoms in total. The molecule has 3 rings (SSSR count). The highest BCUT2D eigenvalue weighted by atomic mass is 16.5. The lowest BCUT2D eigenvalue weighted by Gasteiger charge is -2.29. The molecule has 1 heterocycles. The fraction of sp³-hybridized carbons (Fsp3) is 0.600. The number of aliphatic hydroxyl groups excluding tert-OH is 1. The third-order valence-corrected chi connectivity index (χ3v) is 4.08. The summed E-state index contributed by atoms with van der Waals surface area (Å²) in [5.41, 5.74) is 2.35. The summed E-state index contributed by atoms with van der Waals surface area (Å²) in [6.07, 6.45) is 2.90. The number of hydrogen-bond donors (Lipinski definition) is 2. The van der Waals surface area contributed by atoms with E-state index in [9.17, 15) is 5.11 Å². The molecule has 1 aliphatic carbocycles. The maximum absolute atomic E-state index is 9.82. The second-order valence-corrected chi connectivity index (χ2v) is 5.40. The molecular weight excluding hydrogens is 240 g/mol. The number of nitrogens with zero attached hydrogens (tertiary/aromatic N) is 1. The fourth-order valence-corrected chi connectivity index (χ4v) is 2.91. The lowest BCUT2D eigenvalue weighted by Crippen LogP contribution is -2.36. The molecule has 0 unspecified atom stereocenters. The van der Waals surface area contributed by atoms with Gasteiger partial charge in [0.05, 0.1) is 25.4 Å². The minimum atomic E-state index is -0.195. The smallest absolute Gasteiger partial charge is 0.0741 e. The SMILES string of the molecule is O[C@H]1CCC[C@@H]1Nc1ccc(N2CCOCC2)cc1. The zero-order valence-electron chi connectivity index (χ0n) is 11.2. The number of morpholine rings is 1. The van der Waals surface area contributed by atoms with Gasteiger partial charge in [0.2, 0.25) is 0 Å². The fourth-order valence-electron chi connectivity index (χ4n) is 2.91. The predicted molar refractivity (Wildman–Crippen MR) is 76.7 cm³/mol. The molecule has 4 heteroatoms. The van der Waals surface area contributed by atoms with Gasteiger partial charge < -0.3 is 20.1 Å². The summed E-state index contributed by atoms with van der Waals surface area (Å²) in [6.45, 7) is 3.56. The molecule has 1 saturated heterocycles. The van der Waals surface area contributed by atoms with Gasteiger partial charge in [-0.1, -0.05) is 0 Å². The monoisotopic (exact) mass is 262 g/mol. The first-order chi connectivity index (χ1) is 9.33. The Morgan fingerprint density at radius 1 is 1.11 bits per heavy atom. The molecule has 0 spiro atoms. The van der Waals surface area contributed by atoms with Crippen molar-refractivity contribution in [3.8, 4) is 0 Å². The Morgan fingerprint density at radius 3 is 2.47 bits per heavy atom. The second-order valence-electron chi connectivity index (χ2n) is 5.40. The zero-order valence-corrected chi connectivity index (χ0v) is 11.2. The minimum absolute atomic E-state index is 0.195. The van der Waals surface area contributed by atoms with Crippen LogP contribution in [0.2, 0.25) is 0 Å². The standard InChI is InChI=1S/C15H22N2O2/c18-15-3-1-2-14(15)16-12-4-6-13(7-5-12)17-8-10-19-11-9-17/h4-7,14-16,18H,1-3,8-11H2/t14-,15-/m0/s1. The highest BCUT2D eigenvalue weighted by Crippen LogP contribution is 2.24. The van der Waals surface area contributed by atoms with Crippen molar-refractivity contribution in [2.75, 3.05) is 36.5 Å². The van der Waals surface area contributed by atoms with Crippen molar-refractivity contribution in [2.45, 2.75) is 31.4 Å². The molecule has 0 aromatic heterocycles. The second kappa shape index (κ2) is 5.80. The number of nitrogens with one attached hydrogen (secondary N) is 1. The van der Waals surface area contributed by atoms with E-state index in [1.807, 2.05) is 0 Å². The average molecular weight is 262 g/mol. The first kappa shape index (κ1) is 12.8. The van der Waals surface area contributed by atoms with E-state index < -0.39 is 0 Å². The molecule has 19 heavy (non-hydrogen) atoms. The van der Waals surface area contributed by atoms with Crippen LogP contribution in [-0.4, -0.2) is 43.6 Å². The Kier molecular flexibility index (Phi) is 3.89. The van der Waals surface area contributed by atoms with Gasteiger partial charge in [-0.3, -0.25) is 0 Å². The van der Waals surface area contributed by atoms with Gasteiger partial charge >= 0.3 is 0 Å². The first-order valence-electron chi connectivity index (χ1n) is 7.20. The van der Waals surface area contributed by atoms with Crippen LogP contribution in [0.3, 0.4) is 0 Å². The number of benzene rings is 1. The molecule has 0 radical (unpaired) electrons. The van der Waals surface area contributed by atoms with E-state index in [0.717, 1.165) is 51.3 Å². The lowest BCUT2D eigenvalue weighted by molar-refractivity contribution is 0.122. The van der Waals surface area contributed by atoms with Crippen LogP contribution in [0.4, 0.5) is 11.4 Å². The highest BCUT2D eigenvalue weighted by molar-refractivity contribution is 5.55. The van der Waals surface area contributed by atoms with E-state index in [2.05, 4.69) is 34.5 Å². The summed E-state index contributed by atoms with van der Waals surface area (Å²) in [5.74, 6) is 0. The van der Waals surface area contributed by atoms with Crippen LogP contribution in [0.15, 0.2) is 24.3 Å². The van der Waals surface area contributed by atoms with E-state index in [-0.39, 0.29) is 12.1 Å². The topological polar surface area (TPSA) is 44.7 Å². The largest absolute Gasteiger partial charge is 0.391 e. The zero-order chi connectivity index (χ0) is 13.1. The number of anilines is 2. The van der Waals surface area contributed by atoms with E-state index >= 15 is 0 Å². The third-order valence-electron chi connectivity index (χ3n) is 4.08. The van der Waals surface area contributed by atoms with Crippen LogP contribution in [0.25, 0.3) is 0 Å². The summed E-state index contributed by atoms with van der Waals surface area (Å²) in [5, 5.41) is 13.3. The summed E-state index contributed by atoms with van der Waals surface area (Å²) < 4.78 is 5.36. The normalized spacial score (nSPS) is 27.5. The van der Waals surface area contributed by atoms with Crippen molar-refractivity contribution in [1.29, 1.82) is 0 Å². The summed E-state index contributed by atoms with van der Waals surface area (Å²) in [6, 6.07) is 8.73. The molecule has 1 aromatic carbocycles. The van der Waals surface area contributed by atoms with Crippen molar-refractivity contribution in [3.63, 3.8) is 0 Å². The molecule has 1 aliphatic heterocycles. The molecule has 2 N–H and O–H groups in total. The Hall–Kier alpha value is -1.26. The van der Waals surface area contributed by atoms with E-state index in [1.54, 1.807) is 0 Å². The predicted octanol–water partition coefficient (Wildman–Crippen LogP) is 1.85. The molecule has 104 valence electrons.